The number of nitrogens with one attached hydrogen (secondary N) is 1. The molecule has 1 N–H and O–H groups in total. The second-order valence-electron chi connectivity index (χ2n) is 5.55. The maximum atomic E-state index is 12.4. The molecule has 2 aromatic rings. The average molecular weight is 395 g/mol. The summed E-state index contributed by atoms with van der Waals surface area (Å²) in [6.45, 7) is 2.20. The molecule has 0 atom stereocenters. The molecular weight excluding hydrogens is 375 g/mol. The average Bonchev–Trinajstić information content (AvgIpc) is 2.65. The van der Waals surface area contributed by atoms with Gasteiger partial charge in [0.05, 0.1) is 13.7 Å². The van der Waals surface area contributed by atoms with Crippen molar-refractivity contribution in [3.63, 3.8) is 0 Å². The highest BCUT2D eigenvalue weighted by atomic mass is 19.4. The summed E-state index contributed by atoms with van der Waals surface area (Å²) in [6, 6.07) is 10.8. The lowest BCUT2D eigenvalue weighted by molar-refractivity contribution is -0.274. The third kappa shape index (κ3) is 6.53. The van der Waals surface area contributed by atoms with Gasteiger partial charge < -0.3 is 19.5 Å². The first kappa shape index (κ1) is 21.1. The minimum Gasteiger partial charge on any atom is -0.493 e. The van der Waals surface area contributed by atoms with Gasteiger partial charge >= 0.3 is 6.36 Å². The Hall–Kier alpha value is -3.16. The lowest BCUT2D eigenvalue weighted by atomic mass is 10.1. The first-order valence-corrected chi connectivity index (χ1v) is 8.42. The van der Waals surface area contributed by atoms with Crippen LogP contribution in [-0.4, -0.2) is 26.0 Å². The van der Waals surface area contributed by atoms with Gasteiger partial charge in [0.1, 0.15) is 5.75 Å². The zero-order chi connectivity index (χ0) is 20.6. The number of rotatable bonds is 8. The van der Waals surface area contributed by atoms with Crippen molar-refractivity contribution in [2.75, 3.05) is 13.7 Å². The van der Waals surface area contributed by atoms with Crippen LogP contribution in [0.25, 0.3) is 6.08 Å². The van der Waals surface area contributed by atoms with Gasteiger partial charge in [-0.05, 0) is 36.8 Å². The van der Waals surface area contributed by atoms with E-state index in [1.54, 1.807) is 30.3 Å². The van der Waals surface area contributed by atoms with Crippen molar-refractivity contribution in [3.8, 4) is 17.2 Å². The predicted octanol–water partition coefficient (Wildman–Crippen LogP) is 4.32. The van der Waals surface area contributed by atoms with Gasteiger partial charge in [-0.1, -0.05) is 24.3 Å². The number of benzene rings is 2. The second-order valence-corrected chi connectivity index (χ2v) is 5.55. The number of halogens is 3. The largest absolute Gasteiger partial charge is 0.573 e. The van der Waals surface area contributed by atoms with Crippen LogP contribution in [0.4, 0.5) is 13.2 Å². The molecule has 0 saturated heterocycles. The van der Waals surface area contributed by atoms with E-state index in [0.717, 1.165) is 0 Å². The summed E-state index contributed by atoms with van der Waals surface area (Å²) >= 11 is 0. The van der Waals surface area contributed by atoms with Gasteiger partial charge in [0.25, 0.3) is 0 Å². The van der Waals surface area contributed by atoms with E-state index in [-0.39, 0.29) is 17.9 Å². The minimum atomic E-state index is -4.80. The summed E-state index contributed by atoms with van der Waals surface area (Å²) in [5.74, 6) is 0.307. The Bertz CT molecular complexity index is 834. The molecule has 0 aliphatic heterocycles. The van der Waals surface area contributed by atoms with E-state index in [1.165, 1.54) is 31.4 Å². The Kier molecular flexibility index (Phi) is 7.31. The normalized spacial score (nSPS) is 11.3. The Morgan fingerprint density at radius 3 is 2.54 bits per heavy atom. The number of para-hydroxylation sites is 1. The third-order valence-corrected chi connectivity index (χ3v) is 3.57. The number of carbonyl (C=O) groups excluding carboxylic acids is 1. The zero-order valence-electron chi connectivity index (χ0n) is 15.4. The van der Waals surface area contributed by atoms with Gasteiger partial charge in [-0.2, -0.15) is 0 Å². The molecule has 0 aromatic heterocycles. The summed E-state index contributed by atoms with van der Waals surface area (Å²) in [7, 11) is 1.53. The van der Waals surface area contributed by atoms with Crippen molar-refractivity contribution in [2.24, 2.45) is 0 Å². The second kappa shape index (κ2) is 9.68. The number of ether oxygens (including phenoxy) is 3. The predicted molar refractivity (Wildman–Crippen MR) is 98.2 cm³/mol. The van der Waals surface area contributed by atoms with Crippen LogP contribution < -0.4 is 19.5 Å². The quantitative estimate of drug-likeness (QED) is 0.677. The summed E-state index contributed by atoms with van der Waals surface area (Å²) in [6.07, 6.45) is -1.95. The van der Waals surface area contributed by atoms with Crippen LogP contribution in [0.5, 0.6) is 17.2 Å². The fraction of sp³-hybridized carbons (Fsp3) is 0.250. The van der Waals surface area contributed by atoms with Gasteiger partial charge in [0.15, 0.2) is 11.5 Å². The molecule has 0 aliphatic carbocycles. The molecule has 1 amide bonds. The molecule has 8 heteroatoms. The van der Waals surface area contributed by atoms with E-state index >= 15 is 0 Å². The first-order chi connectivity index (χ1) is 13.3. The molecule has 0 heterocycles. The van der Waals surface area contributed by atoms with Crippen molar-refractivity contribution in [1.82, 2.24) is 5.32 Å². The molecular formula is C20H20F3NO4. The molecule has 0 bridgehead atoms. The highest BCUT2D eigenvalue weighted by Crippen LogP contribution is 2.28. The van der Waals surface area contributed by atoms with Crippen LogP contribution in [0.15, 0.2) is 48.5 Å². The molecule has 0 fully saturated rings. The highest BCUT2D eigenvalue weighted by molar-refractivity contribution is 5.91. The van der Waals surface area contributed by atoms with E-state index in [0.29, 0.717) is 23.7 Å². The van der Waals surface area contributed by atoms with Gasteiger partial charge in [0, 0.05) is 18.2 Å². The van der Waals surface area contributed by atoms with Crippen LogP contribution in [-0.2, 0) is 11.3 Å². The Balaban J connectivity index is 2.01. The van der Waals surface area contributed by atoms with Gasteiger partial charge in [-0.15, -0.1) is 13.2 Å². The maximum Gasteiger partial charge on any atom is 0.573 e. The van der Waals surface area contributed by atoms with Crippen molar-refractivity contribution < 1.29 is 32.2 Å². The minimum absolute atomic E-state index is 0.109. The molecule has 0 spiro atoms. The number of hydrogen-bond acceptors (Lipinski definition) is 4. The SMILES string of the molecule is CCOc1cc(/C=C/C(=O)NCc2ccccc2OC(F)(F)F)ccc1OC. The summed E-state index contributed by atoms with van der Waals surface area (Å²) < 4.78 is 51.9. The third-order valence-electron chi connectivity index (χ3n) is 3.57. The zero-order valence-corrected chi connectivity index (χ0v) is 15.4. The van der Waals surface area contributed by atoms with E-state index in [9.17, 15) is 18.0 Å². The smallest absolute Gasteiger partial charge is 0.493 e. The number of methoxy groups -OCH3 is 1. The van der Waals surface area contributed by atoms with Crippen molar-refractivity contribution in [3.05, 3.63) is 59.7 Å². The highest BCUT2D eigenvalue weighted by Gasteiger charge is 2.31. The van der Waals surface area contributed by atoms with Gasteiger partial charge in [-0.25, -0.2) is 0 Å². The van der Waals surface area contributed by atoms with E-state index in [4.69, 9.17) is 9.47 Å². The topological polar surface area (TPSA) is 56.8 Å². The lowest BCUT2D eigenvalue weighted by Crippen LogP contribution is -2.22. The van der Waals surface area contributed by atoms with Crippen molar-refractivity contribution in [2.45, 2.75) is 19.8 Å². The van der Waals surface area contributed by atoms with Crippen molar-refractivity contribution in [1.29, 1.82) is 0 Å². The monoisotopic (exact) mass is 395 g/mol. The maximum absolute atomic E-state index is 12.4. The van der Waals surface area contributed by atoms with E-state index < -0.39 is 12.3 Å². The summed E-state index contributed by atoms with van der Waals surface area (Å²) in [5.41, 5.74) is 0.921. The molecule has 0 aliphatic rings. The Morgan fingerprint density at radius 1 is 1.11 bits per heavy atom. The van der Waals surface area contributed by atoms with E-state index in [1.807, 2.05) is 6.92 Å². The molecule has 0 saturated carbocycles. The van der Waals surface area contributed by atoms with Crippen molar-refractivity contribution >= 4 is 12.0 Å². The van der Waals surface area contributed by atoms with Crippen LogP contribution >= 0.6 is 0 Å². The molecule has 5 nitrogen and oxygen atoms in total. The Labute approximate surface area is 160 Å². The molecule has 28 heavy (non-hydrogen) atoms. The molecule has 2 aromatic carbocycles. The number of alkyl halides is 3. The molecule has 2 rings (SSSR count). The lowest BCUT2D eigenvalue weighted by Gasteiger charge is -2.13. The first-order valence-electron chi connectivity index (χ1n) is 8.42. The summed E-state index contributed by atoms with van der Waals surface area (Å²) in [5, 5.41) is 2.53. The fourth-order valence-electron chi connectivity index (χ4n) is 2.35. The van der Waals surface area contributed by atoms with Gasteiger partial charge in [0.2, 0.25) is 5.91 Å². The van der Waals surface area contributed by atoms with Crippen LogP contribution in [0.3, 0.4) is 0 Å². The standard InChI is InChI=1S/C20H20F3NO4/c1-3-27-18-12-14(8-10-17(18)26-2)9-11-19(25)24-13-15-6-4-5-7-16(15)28-20(21,22)23/h4-12H,3,13H2,1-2H3,(H,24,25)/b11-9+. The summed E-state index contributed by atoms with van der Waals surface area (Å²) in [4.78, 5) is 12.0. The number of amides is 1. The molecule has 150 valence electrons. The molecule has 0 unspecified atom stereocenters. The Morgan fingerprint density at radius 2 is 1.86 bits per heavy atom. The van der Waals surface area contributed by atoms with Crippen LogP contribution in [0.1, 0.15) is 18.1 Å². The van der Waals surface area contributed by atoms with Gasteiger partial charge in [-0.3, -0.25) is 4.79 Å². The van der Waals surface area contributed by atoms with Crippen LogP contribution in [0.2, 0.25) is 0 Å². The number of carbonyl (C=O) groups is 1. The van der Waals surface area contributed by atoms with E-state index in [2.05, 4.69) is 10.1 Å². The fourth-order valence-corrected chi connectivity index (χ4v) is 2.35. The number of hydrogen-bond donors (Lipinski definition) is 1. The molecule has 0 radical (unpaired) electrons. The van der Waals surface area contributed by atoms with Crippen LogP contribution in [0, 0.1) is 0 Å².